The molecule has 0 saturated carbocycles. The van der Waals surface area contributed by atoms with Crippen molar-refractivity contribution in [2.45, 2.75) is 33.2 Å². The SMILES string of the molecule is CCCOc1c(OC)cccc1[C@@H]1C(C(=O)OCCOC)=C(C)N=c2s/c(=C/c3ccc(-c4cc([N+](=O)[O-])ccc4C)o3)c(=O)n21. The number of thiazole rings is 1. The van der Waals surface area contributed by atoms with Crippen LogP contribution in [-0.2, 0) is 14.3 Å². The number of non-ortho nitro benzene ring substituents is 1. The van der Waals surface area contributed by atoms with Gasteiger partial charge in [0.25, 0.3) is 11.2 Å². The molecule has 13 heteroatoms. The number of hydrogen-bond donors (Lipinski definition) is 0. The number of nitrogens with zero attached hydrogens (tertiary/aromatic N) is 3. The highest BCUT2D eigenvalue weighted by Crippen LogP contribution is 2.41. The number of fused-ring (bicyclic) bond motifs is 1. The van der Waals surface area contributed by atoms with E-state index in [1.165, 1.54) is 30.9 Å². The first-order valence-corrected chi connectivity index (χ1v) is 15.3. The first kappa shape index (κ1) is 32.4. The van der Waals surface area contributed by atoms with Crippen molar-refractivity contribution in [1.82, 2.24) is 4.57 Å². The van der Waals surface area contributed by atoms with Crippen LogP contribution in [0.15, 0.2) is 74.0 Å². The van der Waals surface area contributed by atoms with Crippen LogP contribution in [0.2, 0.25) is 0 Å². The number of aromatic nitrogens is 1. The van der Waals surface area contributed by atoms with Gasteiger partial charge in [-0.1, -0.05) is 36.5 Å². The van der Waals surface area contributed by atoms with Crippen LogP contribution in [-0.4, -0.2) is 49.5 Å². The zero-order valence-electron chi connectivity index (χ0n) is 26.0. The molecule has 0 radical (unpaired) electrons. The predicted octanol–water partition coefficient (Wildman–Crippen LogP) is 4.70. The number of furan rings is 1. The number of ether oxygens (including phenoxy) is 4. The summed E-state index contributed by atoms with van der Waals surface area (Å²) in [6.45, 7) is 6.11. The first-order chi connectivity index (χ1) is 22.2. The third-order valence-electron chi connectivity index (χ3n) is 7.33. The zero-order valence-corrected chi connectivity index (χ0v) is 26.8. The molecule has 0 amide bonds. The van der Waals surface area contributed by atoms with E-state index in [9.17, 15) is 19.7 Å². The maximum atomic E-state index is 14.2. The summed E-state index contributed by atoms with van der Waals surface area (Å²) in [6, 6.07) is 12.3. The third kappa shape index (κ3) is 6.37. The Morgan fingerprint density at radius 1 is 1.13 bits per heavy atom. The Balaban J connectivity index is 1.66. The molecule has 0 spiro atoms. The van der Waals surface area contributed by atoms with Crippen LogP contribution in [0.3, 0.4) is 0 Å². The molecule has 3 heterocycles. The molecule has 1 aliphatic rings. The summed E-state index contributed by atoms with van der Waals surface area (Å²) in [6.07, 6.45) is 2.31. The van der Waals surface area contributed by atoms with Gasteiger partial charge in [0.2, 0.25) is 0 Å². The van der Waals surface area contributed by atoms with Crippen LogP contribution in [0.1, 0.15) is 43.2 Å². The molecule has 0 fully saturated rings. The van der Waals surface area contributed by atoms with Gasteiger partial charge in [-0.05, 0) is 44.0 Å². The van der Waals surface area contributed by atoms with Crippen molar-refractivity contribution in [2.24, 2.45) is 4.99 Å². The number of para-hydroxylation sites is 1. The lowest BCUT2D eigenvalue weighted by atomic mass is 9.94. The van der Waals surface area contributed by atoms with Crippen LogP contribution in [0, 0.1) is 17.0 Å². The van der Waals surface area contributed by atoms with Crippen molar-refractivity contribution in [3.8, 4) is 22.8 Å². The second-order valence-electron chi connectivity index (χ2n) is 10.4. The van der Waals surface area contributed by atoms with Gasteiger partial charge in [0.1, 0.15) is 24.2 Å². The largest absolute Gasteiger partial charge is 0.493 e. The molecule has 0 saturated heterocycles. The molecule has 0 bridgehead atoms. The van der Waals surface area contributed by atoms with Gasteiger partial charge >= 0.3 is 5.97 Å². The molecule has 5 rings (SSSR count). The molecule has 0 aliphatic carbocycles. The molecule has 1 atom stereocenters. The van der Waals surface area contributed by atoms with E-state index in [1.807, 2.05) is 13.8 Å². The quantitative estimate of drug-likeness (QED) is 0.0925. The van der Waals surface area contributed by atoms with Crippen LogP contribution < -0.4 is 24.4 Å². The number of allylic oxidation sites excluding steroid dienone is 1. The fraction of sp³-hybridized carbons (Fsp3) is 0.303. The van der Waals surface area contributed by atoms with Crippen molar-refractivity contribution in [3.63, 3.8) is 0 Å². The van der Waals surface area contributed by atoms with Crippen LogP contribution in [0.25, 0.3) is 17.4 Å². The lowest BCUT2D eigenvalue weighted by Crippen LogP contribution is -2.40. The number of esters is 1. The smallest absolute Gasteiger partial charge is 0.338 e. The molecule has 240 valence electrons. The summed E-state index contributed by atoms with van der Waals surface area (Å²) in [5, 5.41) is 11.3. The van der Waals surface area contributed by atoms with E-state index >= 15 is 0 Å². The second-order valence-corrected chi connectivity index (χ2v) is 11.4. The Morgan fingerprint density at radius 3 is 2.65 bits per heavy atom. The number of nitro groups is 1. The van der Waals surface area contributed by atoms with E-state index in [4.69, 9.17) is 23.4 Å². The molecular weight excluding hydrogens is 614 g/mol. The van der Waals surface area contributed by atoms with E-state index < -0.39 is 22.5 Å². The summed E-state index contributed by atoms with van der Waals surface area (Å²) in [5.41, 5.74) is 2.02. The highest BCUT2D eigenvalue weighted by molar-refractivity contribution is 7.07. The Bertz CT molecular complexity index is 2000. The lowest BCUT2D eigenvalue weighted by Gasteiger charge is -2.27. The Hall–Kier alpha value is -5.01. The minimum absolute atomic E-state index is 0.0193. The standard InChI is InChI=1S/C33H33N3O9S/c1-6-14-43-30-23(8-7-9-26(30)42-5)29-28(32(38)44-16-15-41-4)20(3)34-33-35(29)31(37)27(46-33)18-22-12-13-25(45-22)24-17-21(36(39)40)11-10-19(24)2/h7-13,17-18,29H,6,14-16H2,1-5H3/b27-18+/t29-/m1/s1. The topological polar surface area (TPSA) is 145 Å². The van der Waals surface area contributed by atoms with Gasteiger partial charge in [-0.3, -0.25) is 19.5 Å². The number of nitro benzene ring substituents is 1. The number of methoxy groups -OCH3 is 2. The fourth-order valence-corrected chi connectivity index (χ4v) is 6.16. The Morgan fingerprint density at radius 2 is 1.93 bits per heavy atom. The second kappa shape index (κ2) is 14.0. The van der Waals surface area contributed by atoms with Gasteiger partial charge in [-0.2, -0.15) is 0 Å². The molecule has 1 aliphatic heterocycles. The van der Waals surface area contributed by atoms with E-state index in [2.05, 4.69) is 4.99 Å². The molecular formula is C33H33N3O9S. The summed E-state index contributed by atoms with van der Waals surface area (Å²) < 4.78 is 30.1. The van der Waals surface area contributed by atoms with Gasteiger partial charge in [-0.25, -0.2) is 9.79 Å². The highest BCUT2D eigenvalue weighted by Gasteiger charge is 2.36. The average Bonchev–Trinajstić information content (AvgIpc) is 3.63. The maximum Gasteiger partial charge on any atom is 0.338 e. The van der Waals surface area contributed by atoms with Gasteiger partial charge < -0.3 is 23.4 Å². The minimum Gasteiger partial charge on any atom is -0.493 e. The number of aryl methyl sites for hydroxylation is 1. The molecule has 0 unspecified atom stereocenters. The number of rotatable bonds is 12. The third-order valence-corrected chi connectivity index (χ3v) is 8.32. The average molecular weight is 648 g/mol. The molecule has 4 aromatic rings. The molecule has 46 heavy (non-hydrogen) atoms. The summed E-state index contributed by atoms with van der Waals surface area (Å²) in [4.78, 5) is 43.6. The minimum atomic E-state index is -0.935. The van der Waals surface area contributed by atoms with Crippen molar-refractivity contribution < 1.29 is 33.1 Å². The van der Waals surface area contributed by atoms with Crippen LogP contribution in [0.4, 0.5) is 5.69 Å². The van der Waals surface area contributed by atoms with E-state index in [-0.39, 0.29) is 24.5 Å². The molecule has 12 nitrogen and oxygen atoms in total. The van der Waals surface area contributed by atoms with E-state index in [1.54, 1.807) is 49.4 Å². The Labute approximate surface area is 268 Å². The van der Waals surface area contributed by atoms with Gasteiger partial charge in [-0.15, -0.1) is 0 Å². The molecule has 0 N–H and O–H groups in total. The van der Waals surface area contributed by atoms with Crippen molar-refractivity contribution in [1.29, 1.82) is 0 Å². The van der Waals surface area contributed by atoms with Crippen LogP contribution in [0.5, 0.6) is 11.5 Å². The van der Waals surface area contributed by atoms with Crippen molar-refractivity contribution >= 4 is 29.1 Å². The zero-order chi connectivity index (χ0) is 33.0. The molecule has 2 aromatic heterocycles. The maximum absolute atomic E-state index is 14.2. The van der Waals surface area contributed by atoms with Gasteiger partial charge in [0, 0.05) is 36.4 Å². The normalized spacial score (nSPS) is 14.5. The Kier molecular flexibility index (Phi) is 9.83. The number of hydrogen-bond acceptors (Lipinski definition) is 11. The monoisotopic (exact) mass is 647 g/mol. The van der Waals surface area contributed by atoms with E-state index in [0.29, 0.717) is 55.8 Å². The van der Waals surface area contributed by atoms with Crippen molar-refractivity contribution in [2.75, 3.05) is 34.0 Å². The number of carbonyl (C=O) groups is 1. The summed E-state index contributed by atoms with van der Waals surface area (Å²) >= 11 is 1.14. The van der Waals surface area contributed by atoms with Gasteiger partial charge in [0.15, 0.2) is 16.3 Å². The summed E-state index contributed by atoms with van der Waals surface area (Å²) in [7, 11) is 3.03. The number of carbonyl (C=O) groups excluding carboxylic acids is 1. The highest BCUT2D eigenvalue weighted by atomic mass is 32.1. The van der Waals surface area contributed by atoms with Crippen LogP contribution >= 0.6 is 11.3 Å². The lowest BCUT2D eigenvalue weighted by molar-refractivity contribution is -0.384. The predicted molar refractivity (Wildman–Crippen MR) is 171 cm³/mol. The molecule has 2 aromatic carbocycles. The first-order valence-electron chi connectivity index (χ1n) is 14.5. The van der Waals surface area contributed by atoms with Crippen molar-refractivity contribution in [3.05, 3.63) is 106 Å². The summed E-state index contributed by atoms with van der Waals surface area (Å²) in [5.74, 6) is 1.01. The van der Waals surface area contributed by atoms with Gasteiger partial charge in [0.05, 0.1) is 41.0 Å². The van der Waals surface area contributed by atoms with E-state index in [0.717, 1.165) is 23.3 Å². The number of benzene rings is 2. The fourth-order valence-electron chi connectivity index (χ4n) is 5.13.